The molecule has 5 nitrogen and oxygen atoms in total. The number of benzene rings is 1. The Labute approximate surface area is 172 Å². The number of thiophene rings is 2. The predicted octanol–water partition coefficient (Wildman–Crippen LogP) is 4.41. The molecule has 1 atom stereocenters. The molecule has 28 heavy (non-hydrogen) atoms. The Hall–Kier alpha value is -2.35. The van der Waals surface area contributed by atoms with Gasteiger partial charge in [0.15, 0.2) is 0 Å². The first kappa shape index (κ1) is 19.0. The van der Waals surface area contributed by atoms with Gasteiger partial charge in [-0.3, -0.25) is 9.69 Å². The maximum atomic E-state index is 12.8. The number of nitrogens with one attached hydrogen (secondary N) is 1. The topological polar surface area (TPSA) is 50.8 Å². The molecule has 2 aromatic heterocycles. The van der Waals surface area contributed by atoms with E-state index in [0.29, 0.717) is 23.7 Å². The van der Waals surface area contributed by atoms with Gasteiger partial charge in [0.05, 0.1) is 32.5 Å². The first-order chi connectivity index (χ1) is 13.7. The number of hydrogen-bond donors (Lipinski definition) is 1. The van der Waals surface area contributed by atoms with Crippen LogP contribution in [0.1, 0.15) is 21.4 Å². The highest BCUT2D eigenvalue weighted by Gasteiger charge is 2.31. The van der Waals surface area contributed by atoms with Gasteiger partial charge in [0, 0.05) is 22.4 Å². The third-order valence-corrected chi connectivity index (χ3v) is 6.83. The number of nitrogens with zero attached hydrogens (tertiary/aromatic N) is 1. The summed E-state index contributed by atoms with van der Waals surface area (Å²) in [5, 5.41) is 7.23. The van der Waals surface area contributed by atoms with Gasteiger partial charge in [-0.15, -0.1) is 22.7 Å². The highest BCUT2D eigenvalue weighted by molar-refractivity contribution is 7.10. The van der Waals surface area contributed by atoms with Crippen LogP contribution in [0.3, 0.4) is 0 Å². The Morgan fingerprint density at radius 1 is 1.18 bits per heavy atom. The molecule has 1 aromatic carbocycles. The van der Waals surface area contributed by atoms with Crippen molar-refractivity contribution in [3.05, 3.63) is 62.5 Å². The molecule has 146 valence electrons. The van der Waals surface area contributed by atoms with Crippen molar-refractivity contribution in [3.63, 3.8) is 0 Å². The van der Waals surface area contributed by atoms with Gasteiger partial charge in [-0.05, 0) is 47.0 Å². The average Bonchev–Trinajstić information content (AvgIpc) is 3.40. The highest BCUT2D eigenvalue weighted by Crippen LogP contribution is 2.39. The van der Waals surface area contributed by atoms with Crippen molar-refractivity contribution in [1.82, 2.24) is 4.90 Å². The molecule has 4 rings (SSSR count). The number of anilines is 1. The van der Waals surface area contributed by atoms with Gasteiger partial charge < -0.3 is 14.8 Å². The molecule has 0 bridgehead atoms. The molecule has 0 saturated heterocycles. The van der Waals surface area contributed by atoms with Gasteiger partial charge in [-0.25, -0.2) is 0 Å². The zero-order valence-electron chi connectivity index (χ0n) is 15.8. The van der Waals surface area contributed by atoms with Crippen LogP contribution in [0.4, 0.5) is 5.69 Å². The molecule has 1 N–H and O–H groups in total. The number of methoxy groups -OCH3 is 2. The molecule has 0 radical (unpaired) electrons. The maximum absolute atomic E-state index is 12.8. The zero-order valence-corrected chi connectivity index (χ0v) is 17.4. The third kappa shape index (κ3) is 3.78. The summed E-state index contributed by atoms with van der Waals surface area (Å²) >= 11 is 3.55. The molecular weight excluding hydrogens is 392 g/mol. The Bertz CT molecular complexity index is 952. The summed E-state index contributed by atoms with van der Waals surface area (Å²) in [6, 6.07) is 11.9. The Morgan fingerprint density at radius 3 is 2.82 bits per heavy atom. The van der Waals surface area contributed by atoms with E-state index in [2.05, 4.69) is 39.2 Å². The molecule has 0 saturated carbocycles. The van der Waals surface area contributed by atoms with E-state index < -0.39 is 0 Å². The van der Waals surface area contributed by atoms with Crippen LogP contribution in [0.25, 0.3) is 0 Å². The molecule has 1 aliphatic rings. The molecule has 0 aliphatic carbocycles. The predicted molar refractivity (Wildman–Crippen MR) is 114 cm³/mol. The van der Waals surface area contributed by atoms with Crippen LogP contribution in [0.15, 0.2) is 47.2 Å². The lowest BCUT2D eigenvalue weighted by Crippen LogP contribution is -2.40. The van der Waals surface area contributed by atoms with Crippen LogP contribution in [-0.2, 0) is 11.2 Å². The van der Waals surface area contributed by atoms with Crippen molar-refractivity contribution in [1.29, 1.82) is 0 Å². The zero-order chi connectivity index (χ0) is 19.5. The maximum Gasteiger partial charge on any atom is 0.238 e. The van der Waals surface area contributed by atoms with Crippen molar-refractivity contribution >= 4 is 34.3 Å². The van der Waals surface area contributed by atoms with Crippen LogP contribution < -0.4 is 14.8 Å². The summed E-state index contributed by atoms with van der Waals surface area (Å²) in [7, 11) is 3.19. The van der Waals surface area contributed by atoms with Crippen molar-refractivity contribution in [2.75, 3.05) is 32.6 Å². The van der Waals surface area contributed by atoms with Crippen LogP contribution in [0, 0.1) is 0 Å². The number of amides is 1. The highest BCUT2D eigenvalue weighted by atomic mass is 32.1. The fourth-order valence-electron chi connectivity index (χ4n) is 3.59. The molecule has 0 spiro atoms. The first-order valence-corrected chi connectivity index (χ1v) is 10.8. The minimum Gasteiger partial charge on any atom is -0.497 e. The standard InChI is InChI=1S/C21H22N2O3S2/c1-25-14-5-6-16(17(12-14)26-2)22-20(24)13-23-9-7-18-15(8-11-28-18)21(23)19-4-3-10-27-19/h3-6,8,10-12,21H,7,9,13H2,1-2H3,(H,22,24)/t21-/m1/s1. The molecule has 1 aliphatic heterocycles. The van der Waals surface area contributed by atoms with E-state index in [9.17, 15) is 4.79 Å². The van der Waals surface area contributed by atoms with Crippen molar-refractivity contribution in [2.45, 2.75) is 12.5 Å². The van der Waals surface area contributed by atoms with Crippen LogP contribution in [-0.4, -0.2) is 38.1 Å². The van der Waals surface area contributed by atoms with E-state index >= 15 is 0 Å². The summed E-state index contributed by atoms with van der Waals surface area (Å²) in [6.45, 7) is 1.19. The fourth-order valence-corrected chi connectivity index (χ4v) is 5.37. The second-order valence-electron chi connectivity index (χ2n) is 6.55. The van der Waals surface area contributed by atoms with E-state index in [1.165, 1.54) is 15.3 Å². The van der Waals surface area contributed by atoms with Gasteiger partial charge in [0.1, 0.15) is 11.5 Å². The normalized spacial score (nSPS) is 16.4. The van der Waals surface area contributed by atoms with Gasteiger partial charge in [0.2, 0.25) is 5.91 Å². The second-order valence-corrected chi connectivity index (χ2v) is 8.53. The van der Waals surface area contributed by atoms with Gasteiger partial charge >= 0.3 is 0 Å². The number of carbonyl (C=O) groups excluding carboxylic acids is 1. The van der Waals surface area contributed by atoms with E-state index in [1.807, 2.05) is 17.4 Å². The Morgan fingerprint density at radius 2 is 2.07 bits per heavy atom. The molecule has 0 unspecified atom stereocenters. The molecule has 3 aromatic rings. The lowest BCUT2D eigenvalue weighted by molar-refractivity contribution is -0.117. The van der Waals surface area contributed by atoms with Gasteiger partial charge in [-0.1, -0.05) is 6.07 Å². The molecular formula is C21H22N2O3S2. The van der Waals surface area contributed by atoms with Crippen LogP contribution in [0.5, 0.6) is 11.5 Å². The van der Waals surface area contributed by atoms with Crippen molar-refractivity contribution < 1.29 is 14.3 Å². The third-order valence-electron chi connectivity index (χ3n) is 4.91. The van der Waals surface area contributed by atoms with Crippen LogP contribution in [0.2, 0.25) is 0 Å². The number of ether oxygens (including phenoxy) is 2. The number of carbonyl (C=O) groups is 1. The largest absolute Gasteiger partial charge is 0.497 e. The van der Waals surface area contributed by atoms with Crippen LogP contribution >= 0.6 is 22.7 Å². The smallest absolute Gasteiger partial charge is 0.238 e. The monoisotopic (exact) mass is 414 g/mol. The molecule has 7 heteroatoms. The van der Waals surface area contributed by atoms with E-state index in [1.54, 1.807) is 37.7 Å². The minimum absolute atomic E-state index is 0.0521. The van der Waals surface area contributed by atoms with E-state index in [0.717, 1.165) is 13.0 Å². The average molecular weight is 415 g/mol. The molecule has 3 heterocycles. The summed E-state index contributed by atoms with van der Waals surface area (Å²) in [5.74, 6) is 1.22. The SMILES string of the molecule is COc1ccc(NC(=O)CN2CCc3sccc3[C@@H]2c2cccs2)c(OC)c1. The van der Waals surface area contributed by atoms with Gasteiger partial charge in [-0.2, -0.15) is 0 Å². The molecule has 0 fully saturated rings. The number of hydrogen-bond acceptors (Lipinski definition) is 6. The van der Waals surface area contributed by atoms with E-state index in [-0.39, 0.29) is 11.9 Å². The number of rotatable bonds is 6. The first-order valence-electron chi connectivity index (χ1n) is 9.05. The summed E-state index contributed by atoms with van der Waals surface area (Å²) in [4.78, 5) is 17.8. The lowest BCUT2D eigenvalue weighted by atomic mass is 9.98. The Kier molecular flexibility index (Phi) is 5.66. The molecule has 1 amide bonds. The van der Waals surface area contributed by atoms with Crippen molar-refractivity contribution in [2.24, 2.45) is 0 Å². The van der Waals surface area contributed by atoms with E-state index in [4.69, 9.17) is 9.47 Å². The lowest BCUT2D eigenvalue weighted by Gasteiger charge is -2.34. The summed E-state index contributed by atoms with van der Waals surface area (Å²) in [5.41, 5.74) is 1.97. The van der Waals surface area contributed by atoms with Gasteiger partial charge in [0.25, 0.3) is 0 Å². The quantitative estimate of drug-likeness (QED) is 0.649. The second kappa shape index (κ2) is 8.34. The fraction of sp³-hybridized carbons (Fsp3) is 0.286. The summed E-state index contributed by atoms with van der Waals surface area (Å²) in [6.07, 6.45) is 0.980. The minimum atomic E-state index is -0.0521. The Balaban J connectivity index is 1.53. The summed E-state index contributed by atoms with van der Waals surface area (Å²) < 4.78 is 10.6. The van der Waals surface area contributed by atoms with Crippen molar-refractivity contribution in [3.8, 4) is 11.5 Å². The number of fused-ring (bicyclic) bond motifs is 1.